The maximum atomic E-state index is 2.44. The van der Waals surface area contributed by atoms with Gasteiger partial charge in [0.1, 0.15) is 0 Å². The van der Waals surface area contributed by atoms with E-state index in [9.17, 15) is 0 Å². The van der Waals surface area contributed by atoms with E-state index in [4.69, 9.17) is 0 Å². The Morgan fingerprint density at radius 3 is 1.36 bits per heavy atom. The molecule has 1 heteroatoms. The third-order valence-electron chi connectivity index (χ3n) is 11.3. The quantitative estimate of drug-likeness (QED) is 0.142. The van der Waals surface area contributed by atoms with Crippen LogP contribution in [0.4, 0.5) is 17.1 Å². The maximum Gasteiger partial charge on any atom is 0.0546 e. The third kappa shape index (κ3) is 7.12. The highest BCUT2D eigenvalue weighted by molar-refractivity contribution is 6.02. The highest BCUT2D eigenvalue weighted by atomic mass is 15.1. The number of nitrogens with zero attached hydrogens (tertiary/aromatic N) is 1. The molecule has 0 aromatic heterocycles. The summed E-state index contributed by atoms with van der Waals surface area (Å²) >= 11 is 0. The molecule has 0 heterocycles. The van der Waals surface area contributed by atoms with Crippen LogP contribution in [0, 0.1) is 0 Å². The van der Waals surface area contributed by atoms with Gasteiger partial charge in [-0.05, 0) is 102 Å². The summed E-state index contributed by atoms with van der Waals surface area (Å²) in [7, 11) is 0. The van der Waals surface area contributed by atoms with Gasteiger partial charge in [0.05, 0.1) is 5.69 Å². The molecule has 0 atom stereocenters. The van der Waals surface area contributed by atoms with Crippen LogP contribution in [0.2, 0.25) is 0 Å². The van der Waals surface area contributed by atoms with E-state index in [2.05, 4.69) is 254 Å². The largest absolute Gasteiger partial charge is 0.310 e. The Bertz CT molecular complexity index is 3000. The fourth-order valence-electron chi connectivity index (χ4n) is 8.44. The lowest BCUT2D eigenvalue weighted by molar-refractivity contribution is 1.28. The lowest BCUT2D eigenvalue weighted by Crippen LogP contribution is -2.12. The first-order chi connectivity index (χ1) is 29.3. The molecule has 10 aromatic carbocycles. The predicted octanol–water partition coefficient (Wildman–Crippen LogP) is 16.3. The van der Waals surface area contributed by atoms with Gasteiger partial charge in [0.15, 0.2) is 0 Å². The van der Waals surface area contributed by atoms with Crippen molar-refractivity contribution in [3.05, 3.63) is 249 Å². The number of benzene rings is 10. The topological polar surface area (TPSA) is 3.24 Å². The molecule has 10 rings (SSSR count). The zero-order chi connectivity index (χ0) is 39.4. The van der Waals surface area contributed by atoms with Gasteiger partial charge in [-0.1, -0.05) is 218 Å². The number of anilines is 3. The molecule has 10 aromatic rings. The van der Waals surface area contributed by atoms with Gasteiger partial charge >= 0.3 is 0 Å². The van der Waals surface area contributed by atoms with Crippen LogP contribution in [0.5, 0.6) is 0 Å². The smallest absolute Gasteiger partial charge is 0.0546 e. The molecule has 0 bridgehead atoms. The molecule has 0 aliphatic heterocycles. The number of hydrogen-bond donors (Lipinski definition) is 0. The van der Waals surface area contributed by atoms with Crippen LogP contribution >= 0.6 is 0 Å². The van der Waals surface area contributed by atoms with Crippen LogP contribution in [0.3, 0.4) is 0 Å². The highest BCUT2D eigenvalue weighted by Gasteiger charge is 2.23. The van der Waals surface area contributed by atoms with Crippen molar-refractivity contribution in [2.75, 3.05) is 4.90 Å². The minimum Gasteiger partial charge on any atom is -0.310 e. The van der Waals surface area contributed by atoms with Crippen molar-refractivity contribution >= 4 is 27.8 Å². The van der Waals surface area contributed by atoms with Gasteiger partial charge in [-0.25, -0.2) is 0 Å². The lowest BCUT2D eigenvalue weighted by Gasteiger charge is -2.30. The van der Waals surface area contributed by atoms with E-state index in [1.54, 1.807) is 0 Å². The summed E-state index contributed by atoms with van der Waals surface area (Å²) in [4.78, 5) is 2.44. The van der Waals surface area contributed by atoms with Crippen molar-refractivity contribution < 1.29 is 0 Å². The maximum absolute atomic E-state index is 2.44. The van der Waals surface area contributed by atoms with Crippen LogP contribution in [-0.4, -0.2) is 0 Å². The Morgan fingerprint density at radius 1 is 0.237 bits per heavy atom. The normalized spacial score (nSPS) is 11.1. The van der Waals surface area contributed by atoms with Gasteiger partial charge < -0.3 is 4.90 Å². The number of hydrogen-bond acceptors (Lipinski definition) is 1. The van der Waals surface area contributed by atoms with Crippen LogP contribution in [0.1, 0.15) is 0 Å². The highest BCUT2D eigenvalue weighted by Crippen LogP contribution is 2.48. The average molecular weight is 752 g/mol. The molecule has 0 radical (unpaired) electrons. The summed E-state index contributed by atoms with van der Waals surface area (Å²) < 4.78 is 0. The summed E-state index contributed by atoms with van der Waals surface area (Å²) in [6.45, 7) is 0. The first-order valence-corrected chi connectivity index (χ1v) is 20.3. The zero-order valence-corrected chi connectivity index (χ0v) is 32.6. The van der Waals surface area contributed by atoms with Crippen molar-refractivity contribution in [1.29, 1.82) is 0 Å². The molecule has 0 aliphatic carbocycles. The molecule has 0 fully saturated rings. The van der Waals surface area contributed by atoms with Crippen LogP contribution < -0.4 is 4.90 Å². The van der Waals surface area contributed by atoms with Crippen LogP contribution in [0.25, 0.3) is 77.5 Å². The predicted molar refractivity (Wildman–Crippen MR) is 251 cm³/mol. The zero-order valence-electron chi connectivity index (χ0n) is 32.6. The van der Waals surface area contributed by atoms with Crippen LogP contribution in [0.15, 0.2) is 249 Å². The summed E-state index contributed by atoms with van der Waals surface area (Å²) in [6.07, 6.45) is 0. The molecule has 0 spiro atoms. The van der Waals surface area contributed by atoms with Gasteiger partial charge in [-0.15, -0.1) is 0 Å². The van der Waals surface area contributed by atoms with Gasteiger partial charge in [-0.3, -0.25) is 0 Å². The van der Waals surface area contributed by atoms with Gasteiger partial charge in [0.2, 0.25) is 0 Å². The molecule has 278 valence electrons. The Hall–Kier alpha value is -7.74. The lowest BCUT2D eigenvalue weighted by atomic mass is 9.87. The second-order valence-corrected chi connectivity index (χ2v) is 14.9. The van der Waals surface area contributed by atoms with Gasteiger partial charge in [0, 0.05) is 16.9 Å². The summed E-state index contributed by atoms with van der Waals surface area (Å²) in [5.41, 5.74) is 17.5. The second kappa shape index (κ2) is 16.0. The van der Waals surface area contributed by atoms with E-state index in [-0.39, 0.29) is 0 Å². The van der Waals surface area contributed by atoms with Gasteiger partial charge in [-0.2, -0.15) is 0 Å². The van der Waals surface area contributed by atoms with E-state index in [0.29, 0.717) is 0 Å². The molecule has 0 unspecified atom stereocenters. The Balaban J connectivity index is 1.18. The van der Waals surface area contributed by atoms with Gasteiger partial charge in [0.25, 0.3) is 0 Å². The Kier molecular flexibility index (Phi) is 9.68. The first kappa shape index (κ1) is 35.7. The Morgan fingerprint density at radius 2 is 0.678 bits per heavy atom. The molecule has 0 saturated heterocycles. The van der Waals surface area contributed by atoms with Crippen molar-refractivity contribution in [1.82, 2.24) is 0 Å². The standard InChI is InChI=1S/C58H41N/c1-4-17-42(18-5-1)43-33-35-44(36-34-43)45-37-39-50(40-38-45)59(51-26-14-25-49(41-51)54-30-15-24-47-23-10-11-27-52(47)54)57-32-16-31-55(48-21-8-3-9-22-48)58(57)56-29-13-12-28-53(56)46-19-6-2-7-20-46/h1-41H. The minimum atomic E-state index is 1.08. The third-order valence-corrected chi connectivity index (χ3v) is 11.3. The van der Waals surface area contributed by atoms with E-state index < -0.39 is 0 Å². The van der Waals surface area contributed by atoms with E-state index in [0.717, 1.165) is 17.1 Å². The van der Waals surface area contributed by atoms with E-state index in [1.165, 1.54) is 77.5 Å². The van der Waals surface area contributed by atoms with Crippen molar-refractivity contribution in [3.63, 3.8) is 0 Å². The molecule has 0 saturated carbocycles. The number of rotatable bonds is 9. The fraction of sp³-hybridized carbons (Fsp3) is 0. The molecule has 0 amide bonds. The molecular formula is C58H41N. The monoisotopic (exact) mass is 751 g/mol. The molecular weight excluding hydrogens is 711 g/mol. The van der Waals surface area contributed by atoms with E-state index in [1.807, 2.05) is 0 Å². The minimum absolute atomic E-state index is 1.08. The van der Waals surface area contributed by atoms with E-state index >= 15 is 0 Å². The molecule has 0 aliphatic rings. The summed E-state index contributed by atoms with van der Waals surface area (Å²) in [5.74, 6) is 0. The first-order valence-electron chi connectivity index (χ1n) is 20.3. The van der Waals surface area contributed by atoms with Crippen molar-refractivity contribution in [2.45, 2.75) is 0 Å². The van der Waals surface area contributed by atoms with Crippen molar-refractivity contribution in [3.8, 4) is 66.8 Å². The van der Waals surface area contributed by atoms with Crippen LogP contribution in [-0.2, 0) is 0 Å². The summed E-state index contributed by atoms with van der Waals surface area (Å²) in [6, 6.07) is 89.9. The average Bonchev–Trinajstić information content (AvgIpc) is 3.32. The number of fused-ring (bicyclic) bond motifs is 1. The summed E-state index contributed by atoms with van der Waals surface area (Å²) in [5, 5.41) is 2.47. The molecule has 1 nitrogen and oxygen atoms in total. The molecule has 0 N–H and O–H groups in total. The van der Waals surface area contributed by atoms with Crippen molar-refractivity contribution in [2.24, 2.45) is 0 Å². The fourth-order valence-corrected chi connectivity index (χ4v) is 8.44. The SMILES string of the molecule is c1ccc(-c2ccc(-c3ccc(N(c4cccc(-c5cccc6ccccc56)c4)c4cccc(-c5ccccc5)c4-c4ccccc4-c4ccccc4)cc3)cc2)cc1. The Labute approximate surface area is 346 Å². The molecule has 59 heavy (non-hydrogen) atoms. The second-order valence-electron chi connectivity index (χ2n) is 14.9.